The second-order valence-electron chi connectivity index (χ2n) is 8.10. The van der Waals surface area contributed by atoms with Gasteiger partial charge in [-0.05, 0) is 56.5 Å². The van der Waals surface area contributed by atoms with Gasteiger partial charge in [-0.1, -0.05) is 6.07 Å². The molecule has 0 unspecified atom stereocenters. The smallest absolute Gasteiger partial charge is 0.311 e. The Hall–Kier alpha value is -2.67. The molecule has 2 saturated heterocycles. The lowest BCUT2D eigenvalue weighted by molar-refractivity contribution is -0.157. The van der Waals surface area contributed by atoms with Gasteiger partial charge in [0.15, 0.2) is 5.69 Å². The van der Waals surface area contributed by atoms with Crippen LogP contribution in [0, 0.1) is 32.1 Å². The van der Waals surface area contributed by atoms with Crippen molar-refractivity contribution in [1.29, 1.82) is 0 Å². The summed E-state index contributed by atoms with van der Waals surface area (Å²) in [6.07, 6.45) is 0.437. The van der Waals surface area contributed by atoms with Gasteiger partial charge in [-0.3, -0.25) is 9.59 Å². The minimum Gasteiger partial charge on any atom is -0.481 e. The SMILES string of the molecule is Cc1cc(C)cc(-n2nc(C(=O)N3C[C@H]4COCC[C@@]4(C(=O)O)C3)cc2C)c1. The number of rotatable bonds is 3. The van der Waals surface area contributed by atoms with E-state index in [-0.39, 0.29) is 18.4 Å². The molecule has 2 atom stereocenters. The van der Waals surface area contributed by atoms with E-state index < -0.39 is 11.4 Å². The summed E-state index contributed by atoms with van der Waals surface area (Å²) in [6, 6.07) is 7.92. The number of carbonyl (C=O) groups is 2. The Balaban J connectivity index is 1.62. The van der Waals surface area contributed by atoms with Crippen molar-refractivity contribution >= 4 is 11.9 Å². The van der Waals surface area contributed by atoms with Crippen LogP contribution in [-0.2, 0) is 9.53 Å². The molecule has 28 heavy (non-hydrogen) atoms. The Kier molecular flexibility index (Phi) is 4.50. The number of hydrogen-bond acceptors (Lipinski definition) is 4. The van der Waals surface area contributed by atoms with Crippen molar-refractivity contribution < 1.29 is 19.4 Å². The Morgan fingerprint density at radius 1 is 1.18 bits per heavy atom. The number of nitrogens with zero attached hydrogens (tertiary/aromatic N) is 3. The topological polar surface area (TPSA) is 84.7 Å². The molecule has 1 aromatic carbocycles. The molecule has 0 bridgehead atoms. The third-order valence-electron chi connectivity index (χ3n) is 5.98. The first kappa shape index (κ1) is 18.7. The molecule has 2 aliphatic heterocycles. The van der Waals surface area contributed by atoms with Crippen molar-refractivity contribution in [2.45, 2.75) is 27.2 Å². The van der Waals surface area contributed by atoms with Gasteiger partial charge in [0.1, 0.15) is 0 Å². The van der Waals surface area contributed by atoms with Crippen LogP contribution in [0.2, 0.25) is 0 Å². The summed E-state index contributed by atoms with van der Waals surface area (Å²) in [5, 5.41) is 14.3. The number of hydrogen-bond donors (Lipinski definition) is 1. The van der Waals surface area contributed by atoms with Crippen molar-refractivity contribution in [3.8, 4) is 5.69 Å². The van der Waals surface area contributed by atoms with Gasteiger partial charge in [-0.25, -0.2) is 4.68 Å². The molecular weight excluding hydrogens is 358 g/mol. The zero-order valence-corrected chi connectivity index (χ0v) is 16.4. The maximum absolute atomic E-state index is 13.1. The third-order valence-corrected chi connectivity index (χ3v) is 5.98. The number of aliphatic carboxylic acids is 1. The highest BCUT2D eigenvalue weighted by atomic mass is 16.5. The number of fused-ring (bicyclic) bond motifs is 1. The molecule has 1 aromatic heterocycles. The predicted octanol–water partition coefficient (Wildman–Crippen LogP) is 2.36. The Morgan fingerprint density at radius 2 is 1.89 bits per heavy atom. The number of carbonyl (C=O) groups excluding carboxylic acids is 1. The van der Waals surface area contributed by atoms with Crippen molar-refractivity contribution in [1.82, 2.24) is 14.7 Å². The fourth-order valence-corrected chi connectivity index (χ4v) is 4.53. The van der Waals surface area contributed by atoms with Crippen LogP contribution in [0.4, 0.5) is 0 Å². The molecule has 1 amide bonds. The van der Waals surface area contributed by atoms with Crippen molar-refractivity contribution in [3.05, 3.63) is 46.8 Å². The third kappa shape index (κ3) is 2.99. The number of ether oxygens (including phenoxy) is 1. The number of likely N-dealkylation sites (tertiary alicyclic amines) is 1. The maximum Gasteiger partial charge on any atom is 0.311 e. The van der Waals surface area contributed by atoms with Crippen LogP contribution in [-0.4, -0.2) is 58.0 Å². The van der Waals surface area contributed by atoms with E-state index in [0.29, 0.717) is 31.9 Å². The average molecular weight is 383 g/mol. The van der Waals surface area contributed by atoms with Crippen molar-refractivity contribution in [3.63, 3.8) is 0 Å². The first-order valence-electron chi connectivity index (χ1n) is 9.56. The molecule has 2 aliphatic rings. The Bertz CT molecular complexity index is 931. The molecule has 4 rings (SSSR count). The number of aryl methyl sites for hydroxylation is 3. The Labute approximate surface area is 163 Å². The summed E-state index contributed by atoms with van der Waals surface area (Å²) in [7, 11) is 0. The monoisotopic (exact) mass is 383 g/mol. The average Bonchev–Trinajstić information content (AvgIpc) is 3.22. The fraction of sp³-hybridized carbons (Fsp3) is 0.476. The summed E-state index contributed by atoms with van der Waals surface area (Å²) < 4.78 is 7.25. The molecule has 0 radical (unpaired) electrons. The molecule has 2 aromatic rings. The summed E-state index contributed by atoms with van der Waals surface area (Å²) in [5.74, 6) is -1.24. The molecule has 7 heteroatoms. The van der Waals surface area contributed by atoms with E-state index in [0.717, 1.165) is 22.5 Å². The number of benzene rings is 1. The van der Waals surface area contributed by atoms with E-state index in [4.69, 9.17) is 4.74 Å². The van der Waals surface area contributed by atoms with Crippen LogP contribution in [0.25, 0.3) is 5.69 Å². The molecule has 0 saturated carbocycles. The standard InChI is InChI=1S/C21H25N3O4/c1-13-6-14(2)8-17(7-13)24-15(3)9-18(22-24)19(25)23-10-16-11-28-5-4-21(16,12-23)20(26)27/h6-9,16H,4-5,10-12H2,1-3H3,(H,26,27)/t16-,21+/m0/s1. The van der Waals surface area contributed by atoms with Crippen molar-refractivity contribution in [2.75, 3.05) is 26.3 Å². The van der Waals surface area contributed by atoms with Crippen LogP contribution in [0.1, 0.15) is 33.7 Å². The van der Waals surface area contributed by atoms with Crippen LogP contribution >= 0.6 is 0 Å². The highest BCUT2D eigenvalue weighted by Crippen LogP contribution is 2.42. The van der Waals surface area contributed by atoms with Crippen LogP contribution in [0.5, 0.6) is 0 Å². The lowest BCUT2D eigenvalue weighted by atomic mass is 9.74. The second-order valence-corrected chi connectivity index (χ2v) is 8.10. The minimum absolute atomic E-state index is 0.176. The number of carboxylic acids is 1. The molecule has 3 heterocycles. The normalized spacial score (nSPS) is 24.2. The summed E-state index contributed by atoms with van der Waals surface area (Å²) >= 11 is 0. The van der Waals surface area contributed by atoms with Crippen molar-refractivity contribution in [2.24, 2.45) is 11.3 Å². The molecular formula is C21H25N3O4. The highest BCUT2D eigenvalue weighted by Gasteiger charge is 2.55. The predicted molar refractivity (Wildman–Crippen MR) is 103 cm³/mol. The molecule has 2 fully saturated rings. The van der Waals surface area contributed by atoms with E-state index >= 15 is 0 Å². The van der Waals surface area contributed by atoms with Crippen LogP contribution < -0.4 is 0 Å². The number of amides is 1. The van der Waals surface area contributed by atoms with E-state index in [1.807, 2.05) is 32.9 Å². The zero-order valence-electron chi connectivity index (χ0n) is 16.4. The van der Waals surface area contributed by atoms with Gasteiger partial charge in [-0.2, -0.15) is 5.10 Å². The summed E-state index contributed by atoms with van der Waals surface area (Å²) in [6.45, 7) is 7.38. The minimum atomic E-state index is -0.904. The van der Waals surface area contributed by atoms with E-state index in [9.17, 15) is 14.7 Å². The molecule has 0 aliphatic carbocycles. The van der Waals surface area contributed by atoms with Gasteiger partial charge in [0.05, 0.1) is 17.7 Å². The van der Waals surface area contributed by atoms with Crippen LogP contribution in [0.15, 0.2) is 24.3 Å². The summed E-state index contributed by atoms with van der Waals surface area (Å²) in [5.41, 5.74) is 3.48. The van der Waals surface area contributed by atoms with Gasteiger partial charge in [0.2, 0.25) is 0 Å². The molecule has 1 N–H and O–H groups in total. The van der Waals surface area contributed by atoms with Crippen LogP contribution in [0.3, 0.4) is 0 Å². The lowest BCUT2D eigenvalue weighted by Crippen LogP contribution is -2.45. The molecule has 7 nitrogen and oxygen atoms in total. The van der Waals surface area contributed by atoms with Gasteiger partial charge >= 0.3 is 5.97 Å². The van der Waals surface area contributed by atoms with E-state index in [2.05, 4.69) is 11.2 Å². The van der Waals surface area contributed by atoms with Gasteiger partial charge in [0, 0.05) is 31.3 Å². The number of carboxylic acid groups (broad SMARTS) is 1. The highest BCUT2D eigenvalue weighted by molar-refractivity contribution is 5.93. The second kappa shape index (κ2) is 6.74. The van der Waals surface area contributed by atoms with E-state index in [1.165, 1.54) is 0 Å². The molecule has 148 valence electrons. The largest absolute Gasteiger partial charge is 0.481 e. The number of aromatic nitrogens is 2. The lowest BCUT2D eigenvalue weighted by Gasteiger charge is -2.33. The Morgan fingerprint density at radius 3 is 2.54 bits per heavy atom. The molecule has 0 spiro atoms. The first-order chi connectivity index (χ1) is 13.3. The fourth-order valence-electron chi connectivity index (χ4n) is 4.53. The maximum atomic E-state index is 13.1. The summed E-state index contributed by atoms with van der Waals surface area (Å²) in [4.78, 5) is 26.7. The van der Waals surface area contributed by atoms with E-state index in [1.54, 1.807) is 15.6 Å². The van der Waals surface area contributed by atoms with Gasteiger partial charge in [-0.15, -0.1) is 0 Å². The van der Waals surface area contributed by atoms with Gasteiger partial charge < -0.3 is 14.7 Å². The zero-order chi connectivity index (χ0) is 20.1. The quantitative estimate of drug-likeness (QED) is 0.880. The first-order valence-corrected chi connectivity index (χ1v) is 9.56. The van der Waals surface area contributed by atoms with Gasteiger partial charge in [0.25, 0.3) is 5.91 Å².